The highest BCUT2D eigenvalue weighted by atomic mass is 16.5. The topological polar surface area (TPSA) is 47.6 Å². The maximum absolute atomic E-state index is 12.2. The quantitative estimate of drug-likeness (QED) is 0.699. The lowest BCUT2D eigenvalue weighted by Crippen LogP contribution is -2.55. The molecule has 124 valence electrons. The monoisotopic (exact) mass is 299 g/mol. The van der Waals surface area contributed by atoms with Crippen LogP contribution >= 0.6 is 0 Å². The summed E-state index contributed by atoms with van der Waals surface area (Å²) >= 11 is 0. The summed E-state index contributed by atoms with van der Waals surface area (Å²) in [5.41, 5.74) is -0.740. The van der Waals surface area contributed by atoms with Crippen molar-refractivity contribution in [3.63, 3.8) is 0 Å². The third-order valence-electron chi connectivity index (χ3n) is 4.23. The number of ether oxygens (including phenoxy) is 2. The highest BCUT2D eigenvalue weighted by Crippen LogP contribution is 2.30. The minimum absolute atomic E-state index is 0.213. The van der Waals surface area contributed by atoms with Gasteiger partial charge in [0.25, 0.3) is 0 Å². The third-order valence-corrected chi connectivity index (χ3v) is 4.23. The van der Waals surface area contributed by atoms with Crippen molar-refractivity contribution >= 4 is 5.97 Å². The van der Waals surface area contributed by atoms with E-state index in [1.165, 1.54) is 6.42 Å². The minimum atomic E-state index is -0.740. The molecule has 0 aromatic rings. The van der Waals surface area contributed by atoms with Gasteiger partial charge in [-0.3, -0.25) is 0 Å². The molecule has 0 heterocycles. The Balaban J connectivity index is 2.57. The largest absolute Gasteiger partial charge is 0.465 e. The van der Waals surface area contributed by atoms with Crippen LogP contribution in [0.1, 0.15) is 60.3 Å². The van der Waals surface area contributed by atoms with Crippen LogP contribution in [0, 0.1) is 11.8 Å². The van der Waals surface area contributed by atoms with E-state index in [-0.39, 0.29) is 12.1 Å². The molecule has 3 atom stereocenters. The molecule has 0 bridgehead atoms. The summed E-state index contributed by atoms with van der Waals surface area (Å²) < 4.78 is 11.3. The van der Waals surface area contributed by atoms with Gasteiger partial charge in [0.05, 0.1) is 19.3 Å². The fourth-order valence-corrected chi connectivity index (χ4v) is 3.17. The highest BCUT2D eigenvalue weighted by molar-refractivity contribution is 5.80. The van der Waals surface area contributed by atoms with Crippen molar-refractivity contribution in [1.82, 2.24) is 5.32 Å². The summed E-state index contributed by atoms with van der Waals surface area (Å²) in [5.74, 6) is 1.20. The van der Waals surface area contributed by atoms with Crippen LogP contribution in [0.4, 0.5) is 0 Å². The van der Waals surface area contributed by atoms with E-state index in [4.69, 9.17) is 9.47 Å². The van der Waals surface area contributed by atoms with Gasteiger partial charge in [-0.15, -0.1) is 0 Å². The second-order valence-electron chi connectivity index (χ2n) is 6.83. The zero-order valence-corrected chi connectivity index (χ0v) is 14.4. The summed E-state index contributed by atoms with van der Waals surface area (Å²) in [6.07, 6.45) is 4.71. The predicted molar refractivity (Wildman–Crippen MR) is 85.3 cm³/mol. The highest BCUT2D eigenvalue weighted by Gasteiger charge is 2.36. The summed E-state index contributed by atoms with van der Waals surface area (Å²) in [5, 5.41) is 3.29. The molecule has 0 amide bonds. The van der Waals surface area contributed by atoms with Crippen molar-refractivity contribution in [2.45, 2.75) is 71.9 Å². The van der Waals surface area contributed by atoms with Crippen molar-refractivity contribution in [2.24, 2.45) is 11.8 Å². The Morgan fingerprint density at radius 1 is 1.19 bits per heavy atom. The molecule has 21 heavy (non-hydrogen) atoms. The number of hydrogen-bond acceptors (Lipinski definition) is 4. The number of carbonyl (C=O) groups is 1. The molecule has 1 N–H and O–H groups in total. The van der Waals surface area contributed by atoms with Crippen molar-refractivity contribution in [2.75, 3.05) is 19.8 Å². The summed E-state index contributed by atoms with van der Waals surface area (Å²) in [6, 6.07) is 0. The molecule has 0 aromatic heterocycles. The second-order valence-corrected chi connectivity index (χ2v) is 6.83. The van der Waals surface area contributed by atoms with Crippen LogP contribution in [0.2, 0.25) is 0 Å². The van der Waals surface area contributed by atoms with E-state index in [9.17, 15) is 4.79 Å². The lowest BCUT2D eigenvalue weighted by Gasteiger charge is -2.35. The maximum Gasteiger partial charge on any atom is 0.328 e. The van der Waals surface area contributed by atoms with E-state index >= 15 is 0 Å². The lowest BCUT2D eigenvalue weighted by molar-refractivity contribution is -0.155. The van der Waals surface area contributed by atoms with Crippen LogP contribution in [-0.2, 0) is 14.3 Å². The Labute approximate surface area is 130 Å². The first-order chi connectivity index (χ1) is 9.91. The van der Waals surface area contributed by atoms with Gasteiger partial charge in [-0.25, -0.2) is 4.79 Å². The van der Waals surface area contributed by atoms with Crippen molar-refractivity contribution in [3.8, 4) is 0 Å². The van der Waals surface area contributed by atoms with Gasteiger partial charge in [-0.1, -0.05) is 20.8 Å². The molecular weight excluding hydrogens is 266 g/mol. The van der Waals surface area contributed by atoms with Crippen LogP contribution < -0.4 is 5.32 Å². The molecule has 0 spiro atoms. The summed E-state index contributed by atoms with van der Waals surface area (Å²) in [6.45, 7) is 12.0. The zero-order chi connectivity index (χ0) is 15.9. The molecule has 0 aromatic carbocycles. The first kappa shape index (κ1) is 18.4. The number of hydrogen-bond donors (Lipinski definition) is 1. The Bertz CT molecular complexity index is 311. The third kappa shape index (κ3) is 5.95. The first-order valence-electron chi connectivity index (χ1n) is 8.45. The van der Waals surface area contributed by atoms with E-state index in [1.54, 1.807) is 0 Å². The van der Waals surface area contributed by atoms with Gasteiger partial charge in [0.2, 0.25) is 0 Å². The van der Waals surface area contributed by atoms with Crippen molar-refractivity contribution in [1.29, 1.82) is 0 Å². The van der Waals surface area contributed by atoms with E-state index in [1.807, 2.05) is 13.8 Å². The second kappa shape index (κ2) is 8.74. The molecule has 1 aliphatic rings. The molecule has 0 saturated heterocycles. The SMILES string of the molecule is CCCNC(C)(COC1CC(C)CC(C)C1)C(=O)OCC. The van der Waals surface area contributed by atoms with Gasteiger partial charge < -0.3 is 14.8 Å². The number of nitrogens with one attached hydrogen (secondary N) is 1. The molecular formula is C17H33NO3. The van der Waals surface area contributed by atoms with Crippen LogP contribution in [0.25, 0.3) is 0 Å². The summed E-state index contributed by atoms with van der Waals surface area (Å²) in [7, 11) is 0. The smallest absolute Gasteiger partial charge is 0.328 e. The Hall–Kier alpha value is -0.610. The zero-order valence-electron chi connectivity index (χ0n) is 14.4. The fourth-order valence-electron chi connectivity index (χ4n) is 3.17. The van der Waals surface area contributed by atoms with Gasteiger partial charge in [0.1, 0.15) is 5.54 Å². The van der Waals surface area contributed by atoms with E-state index in [2.05, 4.69) is 26.1 Å². The Kier molecular flexibility index (Phi) is 7.67. The van der Waals surface area contributed by atoms with Crippen LogP contribution in [0.15, 0.2) is 0 Å². The van der Waals surface area contributed by atoms with Gasteiger partial charge in [0, 0.05) is 0 Å². The average Bonchev–Trinajstić information content (AvgIpc) is 2.42. The Morgan fingerprint density at radius 2 is 1.81 bits per heavy atom. The van der Waals surface area contributed by atoms with E-state index in [0.29, 0.717) is 25.0 Å². The number of rotatable bonds is 8. The van der Waals surface area contributed by atoms with Crippen LogP contribution in [0.5, 0.6) is 0 Å². The molecule has 0 radical (unpaired) electrons. The van der Waals surface area contributed by atoms with Crippen LogP contribution in [-0.4, -0.2) is 37.4 Å². The molecule has 1 saturated carbocycles. The van der Waals surface area contributed by atoms with Gasteiger partial charge in [0.15, 0.2) is 0 Å². The molecule has 4 nitrogen and oxygen atoms in total. The molecule has 0 aliphatic heterocycles. The normalized spacial score (nSPS) is 28.9. The molecule has 4 heteroatoms. The molecule has 3 unspecified atom stereocenters. The van der Waals surface area contributed by atoms with Crippen molar-refractivity contribution < 1.29 is 14.3 Å². The van der Waals surface area contributed by atoms with E-state index in [0.717, 1.165) is 25.8 Å². The first-order valence-corrected chi connectivity index (χ1v) is 8.45. The lowest BCUT2D eigenvalue weighted by atomic mass is 9.81. The van der Waals surface area contributed by atoms with Crippen LogP contribution in [0.3, 0.4) is 0 Å². The average molecular weight is 299 g/mol. The minimum Gasteiger partial charge on any atom is -0.465 e. The molecule has 1 rings (SSSR count). The standard InChI is InChI=1S/C17H33NO3/c1-6-8-18-17(5,16(19)20-7-2)12-21-15-10-13(3)9-14(4)11-15/h13-15,18H,6-12H2,1-5H3. The number of esters is 1. The van der Waals surface area contributed by atoms with Gasteiger partial charge >= 0.3 is 5.97 Å². The van der Waals surface area contributed by atoms with E-state index < -0.39 is 5.54 Å². The number of carbonyl (C=O) groups excluding carboxylic acids is 1. The predicted octanol–water partition coefficient (Wildman–Crippen LogP) is 3.15. The summed E-state index contributed by atoms with van der Waals surface area (Å²) in [4.78, 5) is 12.2. The van der Waals surface area contributed by atoms with Crippen molar-refractivity contribution in [3.05, 3.63) is 0 Å². The molecule has 1 aliphatic carbocycles. The van der Waals surface area contributed by atoms with Gasteiger partial charge in [-0.05, 0) is 57.9 Å². The maximum atomic E-state index is 12.2. The molecule has 1 fully saturated rings. The van der Waals surface area contributed by atoms with Gasteiger partial charge in [-0.2, -0.15) is 0 Å². The fraction of sp³-hybridized carbons (Fsp3) is 0.941. The Morgan fingerprint density at radius 3 is 2.33 bits per heavy atom.